The highest BCUT2D eigenvalue weighted by atomic mass is 32.2. The second-order valence-electron chi connectivity index (χ2n) is 5.02. The van der Waals surface area contributed by atoms with Crippen LogP contribution < -0.4 is 20.3 Å². The molecule has 0 heterocycles. The van der Waals surface area contributed by atoms with Crippen molar-refractivity contribution in [3.63, 3.8) is 0 Å². The maximum atomic E-state index is 12.1. The van der Waals surface area contributed by atoms with Crippen molar-refractivity contribution in [2.24, 2.45) is 0 Å². The van der Waals surface area contributed by atoms with Gasteiger partial charge in [-0.05, 0) is 43.4 Å². The zero-order valence-corrected chi connectivity index (χ0v) is 15.0. The molecule has 132 valence electrons. The van der Waals surface area contributed by atoms with Gasteiger partial charge in [-0.2, -0.15) is 0 Å². The molecule has 2 aromatic rings. The smallest absolute Gasteiger partial charge is 0.264 e. The molecule has 0 atom stereocenters. The Kier molecular flexibility index (Phi) is 6.45. The van der Waals surface area contributed by atoms with Crippen molar-refractivity contribution >= 4 is 33.3 Å². The fourth-order valence-electron chi connectivity index (χ4n) is 1.75. The lowest BCUT2D eigenvalue weighted by molar-refractivity contribution is -0.121. The van der Waals surface area contributed by atoms with Gasteiger partial charge in [0.1, 0.15) is 5.75 Å². The zero-order valence-electron chi connectivity index (χ0n) is 13.4. The third-order valence-electron chi connectivity index (χ3n) is 3.00. The number of hydrazine groups is 1. The van der Waals surface area contributed by atoms with Gasteiger partial charge in [-0.25, -0.2) is 8.42 Å². The molecule has 7 nitrogen and oxygen atoms in total. The van der Waals surface area contributed by atoms with Gasteiger partial charge in [-0.15, -0.1) is 4.83 Å². The van der Waals surface area contributed by atoms with Crippen LogP contribution in [0.2, 0.25) is 0 Å². The van der Waals surface area contributed by atoms with E-state index in [-0.39, 0.29) is 16.6 Å². The standard InChI is InChI=1S/C16H17N3O4S2/c1-12-7-9-14(10-8-12)25(21,22)19-18-16(24)17-15(20)11-23-13-5-3-2-4-6-13/h2-10,19H,11H2,1H3,(H2,17,18,20,24). The minimum absolute atomic E-state index is 0.0761. The first kappa shape index (κ1) is 18.8. The Morgan fingerprint density at radius 3 is 2.36 bits per heavy atom. The van der Waals surface area contributed by atoms with Crippen molar-refractivity contribution in [2.75, 3.05) is 6.61 Å². The predicted molar refractivity (Wildman–Crippen MR) is 97.3 cm³/mol. The van der Waals surface area contributed by atoms with E-state index in [1.54, 1.807) is 36.4 Å². The number of ether oxygens (including phenoxy) is 1. The molecule has 0 radical (unpaired) electrons. The first-order valence-corrected chi connectivity index (χ1v) is 9.12. The van der Waals surface area contributed by atoms with Crippen LogP contribution >= 0.6 is 12.2 Å². The lowest BCUT2D eigenvalue weighted by atomic mass is 10.2. The molecule has 0 aliphatic rings. The van der Waals surface area contributed by atoms with Crippen molar-refractivity contribution in [1.29, 1.82) is 0 Å². The Hall–Kier alpha value is -2.49. The van der Waals surface area contributed by atoms with Gasteiger partial charge in [0.25, 0.3) is 15.9 Å². The lowest BCUT2D eigenvalue weighted by Crippen LogP contribution is -2.49. The van der Waals surface area contributed by atoms with E-state index < -0.39 is 15.9 Å². The van der Waals surface area contributed by atoms with E-state index >= 15 is 0 Å². The molecule has 0 bridgehead atoms. The number of nitrogens with one attached hydrogen (secondary N) is 3. The minimum Gasteiger partial charge on any atom is -0.484 e. The maximum Gasteiger partial charge on any atom is 0.264 e. The molecule has 0 unspecified atom stereocenters. The Morgan fingerprint density at radius 1 is 1.08 bits per heavy atom. The normalized spacial score (nSPS) is 10.8. The molecule has 0 aliphatic heterocycles. The van der Waals surface area contributed by atoms with E-state index in [2.05, 4.69) is 15.6 Å². The predicted octanol–water partition coefficient (Wildman–Crippen LogP) is 1.26. The van der Waals surface area contributed by atoms with Crippen LogP contribution in [-0.2, 0) is 14.8 Å². The van der Waals surface area contributed by atoms with Crippen LogP contribution in [-0.4, -0.2) is 26.0 Å². The lowest BCUT2D eigenvalue weighted by Gasteiger charge is -2.12. The number of aryl methyl sites for hydroxylation is 1. The summed E-state index contributed by atoms with van der Waals surface area (Å²) >= 11 is 4.87. The third kappa shape index (κ3) is 6.14. The molecule has 1 amide bonds. The average Bonchev–Trinajstić information content (AvgIpc) is 2.60. The molecular weight excluding hydrogens is 362 g/mol. The van der Waals surface area contributed by atoms with E-state index in [0.717, 1.165) is 5.56 Å². The van der Waals surface area contributed by atoms with E-state index in [1.807, 2.05) is 13.0 Å². The topological polar surface area (TPSA) is 96.5 Å². The van der Waals surface area contributed by atoms with Crippen LogP contribution in [0.1, 0.15) is 5.56 Å². The highest BCUT2D eigenvalue weighted by Crippen LogP contribution is 2.09. The van der Waals surface area contributed by atoms with Gasteiger partial charge >= 0.3 is 0 Å². The first-order chi connectivity index (χ1) is 11.9. The molecule has 3 N–H and O–H groups in total. The SMILES string of the molecule is Cc1ccc(S(=O)(=O)NNC(=S)NC(=O)COc2ccccc2)cc1. The molecule has 0 aromatic heterocycles. The van der Waals surface area contributed by atoms with E-state index in [0.29, 0.717) is 5.75 Å². The summed E-state index contributed by atoms with van der Waals surface area (Å²) < 4.78 is 29.4. The summed E-state index contributed by atoms with van der Waals surface area (Å²) in [6, 6.07) is 15.1. The van der Waals surface area contributed by atoms with Gasteiger partial charge in [0.2, 0.25) is 0 Å². The Balaban J connectivity index is 1.79. The van der Waals surface area contributed by atoms with Crippen LogP contribution in [0.3, 0.4) is 0 Å². The molecule has 2 rings (SSSR count). The Bertz CT molecular complexity index is 837. The van der Waals surface area contributed by atoms with Crippen molar-refractivity contribution in [3.05, 3.63) is 60.2 Å². The Morgan fingerprint density at radius 2 is 1.72 bits per heavy atom. The highest BCUT2D eigenvalue weighted by molar-refractivity contribution is 7.89. The first-order valence-electron chi connectivity index (χ1n) is 7.23. The van der Waals surface area contributed by atoms with Gasteiger partial charge in [0, 0.05) is 0 Å². The summed E-state index contributed by atoms with van der Waals surface area (Å²) in [6.45, 7) is 1.60. The van der Waals surface area contributed by atoms with E-state index in [1.165, 1.54) is 12.1 Å². The number of para-hydroxylation sites is 1. The largest absolute Gasteiger partial charge is 0.484 e. The van der Waals surface area contributed by atoms with Crippen LogP contribution in [0.4, 0.5) is 0 Å². The van der Waals surface area contributed by atoms with Crippen LogP contribution in [0.5, 0.6) is 5.75 Å². The quantitative estimate of drug-likeness (QED) is 0.517. The zero-order chi connectivity index (χ0) is 18.3. The number of sulfonamides is 1. The summed E-state index contributed by atoms with van der Waals surface area (Å²) in [4.78, 5) is 13.9. The van der Waals surface area contributed by atoms with E-state index in [4.69, 9.17) is 17.0 Å². The number of hydrogen-bond acceptors (Lipinski definition) is 5. The number of carbonyl (C=O) groups excluding carboxylic acids is 1. The summed E-state index contributed by atoms with van der Waals surface area (Å²) in [5.41, 5.74) is 3.21. The summed E-state index contributed by atoms with van der Waals surface area (Å²) in [6.07, 6.45) is 0. The maximum absolute atomic E-state index is 12.1. The van der Waals surface area contributed by atoms with Crippen LogP contribution in [0.15, 0.2) is 59.5 Å². The van der Waals surface area contributed by atoms with Gasteiger partial charge in [0.15, 0.2) is 11.7 Å². The highest BCUT2D eigenvalue weighted by Gasteiger charge is 2.14. The summed E-state index contributed by atoms with van der Waals surface area (Å²) in [5, 5.41) is 2.13. The minimum atomic E-state index is -3.79. The van der Waals surface area contributed by atoms with Gasteiger partial charge in [-0.3, -0.25) is 15.5 Å². The van der Waals surface area contributed by atoms with Crippen molar-refractivity contribution in [2.45, 2.75) is 11.8 Å². The number of rotatable bonds is 6. The number of hydrogen-bond donors (Lipinski definition) is 3. The molecular formula is C16H17N3O4S2. The Labute approximate surface area is 151 Å². The number of thiocarbonyl (C=S) groups is 1. The fourth-order valence-corrected chi connectivity index (χ4v) is 2.83. The summed E-state index contributed by atoms with van der Waals surface area (Å²) in [7, 11) is -3.79. The molecule has 25 heavy (non-hydrogen) atoms. The van der Waals surface area contributed by atoms with Crippen molar-refractivity contribution in [3.8, 4) is 5.75 Å². The monoisotopic (exact) mass is 379 g/mol. The van der Waals surface area contributed by atoms with Crippen LogP contribution in [0, 0.1) is 6.92 Å². The van der Waals surface area contributed by atoms with Crippen molar-refractivity contribution < 1.29 is 17.9 Å². The molecule has 0 saturated heterocycles. The van der Waals surface area contributed by atoms with E-state index in [9.17, 15) is 13.2 Å². The van der Waals surface area contributed by atoms with Crippen LogP contribution in [0.25, 0.3) is 0 Å². The number of amides is 1. The van der Waals surface area contributed by atoms with Crippen molar-refractivity contribution in [1.82, 2.24) is 15.6 Å². The second-order valence-corrected chi connectivity index (χ2v) is 7.11. The molecule has 0 aliphatic carbocycles. The summed E-state index contributed by atoms with van der Waals surface area (Å²) in [5.74, 6) is 0.0208. The third-order valence-corrected chi connectivity index (χ3v) is 4.46. The molecule has 0 saturated carbocycles. The molecule has 2 aromatic carbocycles. The fraction of sp³-hybridized carbons (Fsp3) is 0.125. The number of benzene rings is 2. The van der Waals surface area contributed by atoms with Gasteiger partial charge in [-0.1, -0.05) is 35.9 Å². The molecule has 9 heteroatoms. The average molecular weight is 379 g/mol. The second kappa shape index (κ2) is 8.56. The molecule has 0 fully saturated rings. The van der Waals surface area contributed by atoms with Gasteiger partial charge in [0.05, 0.1) is 4.90 Å². The molecule has 0 spiro atoms. The van der Waals surface area contributed by atoms with Gasteiger partial charge < -0.3 is 4.74 Å². The number of carbonyl (C=O) groups is 1.